The standard InChI is InChI=1S/C23H19Cl2N3O2/c1-15(26-22(29)12-11-16-6-5-13-30-16)23-27-20-9-2-3-10-21(20)28(23)14-17-18(24)7-4-8-19(17)25/h2-13,15H,14H2,1H3,(H,26,29)/b12-11+/t15-/m0/s1. The van der Waals surface area contributed by atoms with Crippen LogP contribution in [0.15, 0.2) is 71.4 Å². The van der Waals surface area contributed by atoms with Gasteiger partial charge in [-0.1, -0.05) is 41.4 Å². The number of carbonyl (C=O) groups is 1. The summed E-state index contributed by atoms with van der Waals surface area (Å²) in [6, 6.07) is 16.5. The van der Waals surface area contributed by atoms with Gasteiger partial charge in [0.2, 0.25) is 5.91 Å². The molecule has 0 aliphatic heterocycles. The monoisotopic (exact) mass is 439 g/mol. The van der Waals surface area contributed by atoms with Crippen LogP contribution in [0.4, 0.5) is 0 Å². The first-order valence-electron chi connectivity index (χ1n) is 9.43. The van der Waals surface area contributed by atoms with E-state index in [2.05, 4.69) is 5.32 Å². The molecule has 0 aliphatic rings. The van der Waals surface area contributed by atoms with Gasteiger partial charge in [-0.3, -0.25) is 4.79 Å². The first-order chi connectivity index (χ1) is 14.5. The van der Waals surface area contributed by atoms with Gasteiger partial charge in [0.1, 0.15) is 11.6 Å². The SMILES string of the molecule is C[C@H](NC(=O)/C=C/c1ccco1)c1nc2ccccc2n1Cc1c(Cl)cccc1Cl. The smallest absolute Gasteiger partial charge is 0.244 e. The first-order valence-corrected chi connectivity index (χ1v) is 10.2. The topological polar surface area (TPSA) is 60.1 Å². The van der Waals surface area contributed by atoms with Crippen molar-refractivity contribution < 1.29 is 9.21 Å². The van der Waals surface area contributed by atoms with Crippen molar-refractivity contribution in [2.24, 2.45) is 0 Å². The molecular weight excluding hydrogens is 421 g/mol. The van der Waals surface area contributed by atoms with Gasteiger partial charge < -0.3 is 14.3 Å². The second kappa shape index (κ2) is 8.78. The number of nitrogens with one attached hydrogen (secondary N) is 1. The molecule has 4 aromatic rings. The molecule has 0 aliphatic carbocycles. The maximum Gasteiger partial charge on any atom is 0.244 e. The summed E-state index contributed by atoms with van der Waals surface area (Å²) in [6.45, 7) is 2.33. The molecule has 1 N–H and O–H groups in total. The minimum Gasteiger partial charge on any atom is -0.465 e. The van der Waals surface area contributed by atoms with Gasteiger partial charge in [0, 0.05) is 21.7 Å². The summed E-state index contributed by atoms with van der Waals surface area (Å²) in [5.41, 5.74) is 2.58. The molecule has 0 spiro atoms. The number of fused-ring (bicyclic) bond motifs is 1. The zero-order valence-corrected chi connectivity index (χ0v) is 17.7. The summed E-state index contributed by atoms with van der Waals surface area (Å²) in [6.07, 6.45) is 4.62. The number of rotatable bonds is 6. The molecule has 0 unspecified atom stereocenters. The van der Waals surface area contributed by atoms with Gasteiger partial charge in [-0.25, -0.2) is 4.98 Å². The molecule has 1 amide bonds. The molecule has 7 heteroatoms. The molecule has 0 radical (unpaired) electrons. The van der Waals surface area contributed by atoms with Crippen molar-refractivity contribution >= 4 is 46.2 Å². The number of aromatic nitrogens is 2. The Bertz CT molecular complexity index is 1190. The molecule has 30 heavy (non-hydrogen) atoms. The molecule has 2 aromatic heterocycles. The van der Waals surface area contributed by atoms with Crippen LogP contribution >= 0.6 is 23.2 Å². The molecule has 5 nitrogen and oxygen atoms in total. The second-order valence-electron chi connectivity index (χ2n) is 6.82. The van der Waals surface area contributed by atoms with Crippen LogP contribution in [0.25, 0.3) is 17.1 Å². The number of benzene rings is 2. The predicted octanol–water partition coefficient (Wildman–Crippen LogP) is 5.88. The highest BCUT2D eigenvalue weighted by Crippen LogP contribution is 2.29. The van der Waals surface area contributed by atoms with Gasteiger partial charge in [0.15, 0.2) is 0 Å². The normalized spacial score (nSPS) is 12.5. The number of amides is 1. The Balaban J connectivity index is 1.65. The number of furan rings is 1. The lowest BCUT2D eigenvalue weighted by atomic mass is 10.2. The number of hydrogen-bond donors (Lipinski definition) is 1. The van der Waals surface area contributed by atoms with Crippen LogP contribution in [0.2, 0.25) is 10.0 Å². The highest BCUT2D eigenvalue weighted by molar-refractivity contribution is 6.36. The molecule has 0 saturated carbocycles. The number of carbonyl (C=O) groups excluding carboxylic acids is 1. The third-order valence-electron chi connectivity index (χ3n) is 4.75. The van der Waals surface area contributed by atoms with Crippen LogP contribution < -0.4 is 5.32 Å². The van der Waals surface area contributed by atoms with Crippen LogP contribution in [0.5, 0.6) is 0 Å². The maximum absolute atomic E-state index is 12.4. The lowest BCUT2D eigenvalue weighted by Gasteiger charge is -2.17. The highest BCUT2D eigenvalue weighted by atomic mass is 35.5. The van der Waals surface area contributed by atoms with E-state index in [1.807, 2.05) is 54.0 Å². The highest BCUT2D eigenvalue weighted by Gasteiger charge is 2.19. The third kappa shape index (κ3) is 4.27. The largest absolute Gasteiger partial charge is 0.465 e. The molecular formula is C23H19Cl2N3O2. The molecule has 4 rings (SSSR count). The van der Waals surface area contributed by atoms with E-state index in [-0.39, 0.29) is 11.9 Å². The van der Waals surface area contributed by atoms with Gasteiger partial charge in [-0.05, 0) is 49.4 Å². The van der Waals surface area contributed by atoms with E-state index >= 15 is 0 Å². The number of hydrogen-bond acceptors (Lipinski definition) is 3. The van der Waals surface area contributed by atoms with Crippen molar-refractivity contribution in [3.8, 4) is 0 Å². The van der Waals surface area contributed by atoms with Crippen molar-refractivity contribution in [3.05, 3.63) is 94.1 Å². The van der Waals surface area contributed by atoms with E-state index in [0.29, 0.717) is 28.2 Å². The molecule has 0 fully saturated rings. The van der Waals surface area contributed by atoms with E-state index in [4.69, 9.17) is 32.6 Å². The van der Waals surface area contributed by atoms with Crippen LogP contribution in [0.1, 0.15) is 30.1 Å². The van der Waals surface area contributed by atoms with Crippen molar-refractivity contribution in [1.29, 1.82) is 0 Å². The maximum atomic E-state index is 12.4. The van der Waals surface area contributed by atoms with E-state index in [9.17, 15) is 4.79 Å². The lowest BCUT2D eigenvalue weighted by Crippen LogP contribution is -2.27. The summed E-state index contributed by atoms with van der Waals surface area (Å²) in [7, 11) is 0. The zero-order chi connectivity index (χ0) is 21.1. The number of imidazole rings is 1. The molecule has 152 valence electrons. The summed E-state index contributed by atoms with van der Waals surface area (Å²) in [5.74, 6) is 1.08. The van der Waals surface area contributed by atoms with Gasteiger partial charge in [-0.2, -0.15) is 0 Å². The Labute approximate surface area is 183 Å². The number of halogens is 2. The van der Waals surface area contributed by atoms with Crippen molar-refractivity contribution in [1.82, 2.24) is 14.9 Å². The van der Waals surface area contributed by atoms with Crippen LogP contribution in [0, 0.1) is 0 Å². The van der Waals surface area contributed by atoms with Crippen molar-refractivity contribution in [2.45, 2.75) is 19.5 Å². The lowest BCUT2D eigenvalue weighted by molar-refractivity contribution is -0.117. The fourth-order valence-corrected chi connectivity index (χ4v) is 3.82. The summed E-state index contributed by atoms with van der Waals surface area (Å²) in [4.78, 5) is 17.1. The van der Waals surface area contributed by atoms with Gasteiger partial charge in [-0.15, -0.1) is 0 Å². The van der Waals surface area contributed by atoms with Gasteiger partial charge in [0.05, 0.1) is 29.9 Å². The Morgan fingerprint density at radius 3 is 2.63 bits per heavy atom. The molecule has 2 heterocycles. The van der Waals surface area contributed by atoms with Crippen molar-refractivity contribution in [2.75, 3.05) is 0 Å². The Morgan fingerprint density at radius 1 is 1.13 bits per heavy atom. The van der Waals surface area contributed by atoms with Gasteiger partial charge in [0.25, 0.3) is 0 Å². The third-order valence-corrected chi connectivity index (χ3v) is 5.46. The first kappa shape index (κ1) is 20.3. The van der Waals surface area contributed by atoms with Gasteiger partial charge >= 0.3 is 0 Å². The number of nitrogens with zero attached hydrogens (tertiary/aromatic N) is 2. The Hall–Kier alpha value is -3.02. The Kier molecular flexibility index (Phi) is 5.93. The van der Waals surface area contributed by atoms with E-state index in [0.717, 1.165) is 16.6 Å². The zero-order valence-electron chi connectivity index (χ0n) is 16.2. The fourth-order valence-electron chi connectivity index (χ4n) is 3.30. The fraction of sp³-hybridized carbons (Fsp3) is 0.130. The Morgan fingerprint density at radius 2 is 1.90 bits per heavy atom. The minimum atomic E-state index is -0.340. The van der Waals surface area contributed by atoms with E-state index in [1.54, 1.807) is 24.5 Å². The summed E-state index contributed by atoms with van der Waals surface area (Å²) >= 11 is 12.8. The minimum absolute atomic E-state index is 0.242. The second-order valence-corrected chi connectivity index (χ2v) is 7.64. The summed E-state index contributed by atoms with van der Waals surface area (Å²) in [5, 5.41) is 4.13. The number of para-hydroxylation sites is 2. The van der Waals surface area contributed by atoms with Crippen LogP contribution in [-0.2, 0) is 11.3 Å². The molecule has 0 bridgehead atoms. The van der Waals surface area contributed by atoms with E-state index < -0.39 is 0 Å². The molecule has 1 atom stereocenters. The molecule has 0 saturated heterocycles. The quantitative estimate of drug-likeness (QED) is 0.381. The van der Waals surface area contributed by atoms with Crippen LogP contribution in [0.3, 0.4) is 0 Å². The molecule has 2 aromatic carbocycles. The average molecular weight is 440 g/mol. The predicted molar refractivity (Wildman–Crippen MR) is 120 cm³/mol. The summed E-state index contributed by atoms with van der Waals surface area (Å²) < 4.78 is 7.24. The average Bonchev–Trinajstić information content (AvgIpc) is 3.37. The van der Waals surface area contributed by atoms with Crippen LogP contribution in [-0.4, -0.2) is 15.5 Å². The van der Waals surface area contributed by atoms with E-state index in [1.165, 1.54) is 6.08 Å². The van der Waals surface area contributed by atoms with Crippen molar-refractivity contribution in [3.63, 3.8) is 0 Å².